The number of benzene rings is 1. The highest BCUT2D eigenvalue weighted by molar-refractivity contribution is 5.60. The molecule has 9 heteroatoms. The van der Waals surface area contributed by atoms with Crippen LogP contribution in [0.4, 0.5) is 17.5 Å². The number of nitrogens with one attached hydrogen (secondary N) is 4. The van der Waals surface area contributed by atoms with E-state index >= 15 is 0 Å². The third kappa shape index (κ3) is 5.30. The topological polar surface area (TPSA) is 117 Å². The zero-order valence-electron chi connectivity index (χ0n) is 15.3. The molecule has 0 radical (unpaired) electrons. The van der Waals surface area contributed by atoms with Gasteiger partial charge in [0.25, 0.3) is 0 Å². The van der Waals surface area contributed by atoms with Gasteiger partial charge in [0.05, 0.1) is 7.11 Å². The van der Waals surface area contributed by atoms with Crippen molar-refractivity contribution in [3.05, 3.63) is 42.4 Å². The van der Waals surface area contributed by atoms with Crippen LogP contribution in [-0.2, 0) is 0 Å². The van der Waals surface area contributed by atoms with Gasteiger partial charge in [-0.05, 0) is 31.0 Å². The molecule has 4 N–H and O–H groups in total. The fourth-order valence-corrected chi connectivity index (χ4v) is 2.28. The summed E-state index contributed by atoms with van der Waals surface area (Å²) in [6.45, 7) is 0.161. The SMILES string of the molecule is CNc1ccnc(Nc2ccc(OC)c(OC/C(=C/NC3CC3)N=N)c2)n1. The maximum Gasteiger partial charge on any atom is 0.229 e. The van der Waals surface area contributed by atoms with Crippen molar-refractivity contribution < 1.29 is 9.47 Å². The van der Waals surface area contributed by atoms with Crippen molar-refractivity contribution in [2.24, 2.45) is 5.11 Å². The van der Waals surface area contributed by atoms with E-state index in [0.29, 0.717) is 35.0 Å². The molecule has 2 aromatic rings. The van der Waals surface area contributed by atoms with Gasteiger partial charge in [-0.2, -0.15) is 10.1 Å². The predicted molar refractivity (Wildman–Crippen MR) is 103 cm³/mol. The van der Waals surface area contributed by atoms with Crippen molar-refractivity contribution in [1.82, 2.24) is 15.3 Å². The molecule has 1 saturated carbocycles. The summed E-state index contributed by atoms with van der Waals surface area (Å²) in [5.74, 6) is 2.30. The van der Waals surface area contributed by atoms with E-state index in [1.54, 1.807) is 44.8 Å². The van der Waals surface area contributed by atoms with Crippen LogP contribution >= 0.6 is 0 Å². The van der Waals surface area contributed by atoms with Crippen molar-refractivity contribution in [2.75, 3.05) is 31.4 Å². The van der Waals surface area contributed by atoms with Gasteiger partial charge in [0, 0.05) is 37.2 Å². The van der Waals surface area contributed by atoms with E-state index in [0.717, 1.165) is 18.5 Å². The highest BCUT2D eigenvalue weighted by atomic mass is 16.5. The fourth-order valence-electron chi connectivity index (χ4n) is 2.28. The summed E-state index contributed by atoms with van der Waals surface area (Å²) in [4.78, 5) is 8.53. The van der Waals surface area contributed by atoms with E-state index < -0.39 is 0 Å². The molecule has 0 atom stereocenters. The molecule has 0 spiro atoms. The van der Waals surface area contributed by atoms with Crippen molar-refractivity contribution in [2.45, 2.75) is 18.9 Å². The van der Waals surface area contributed by atoms with Crippen molar-refractivity contribution >= 4 is 17.5 Å². The van der Waals surface area contributed by atoms with Gasteiger partial charge in [0.2, 0.25) is 5.95 Å². The van der Waals surface area contributed by atoms with Gasteiger partial charge in [-0.3, -0.25) is 0 Å². The Hall–Kier alpha value is -3.36. The molecule has 1 aromatic heterocycles. The molecular formula is C18H23N7O2. The van der Waals surface area contributed by atoms with Crippen molar-refractivity contribution in [1.29, 1.82) is 5.53 Å². The number of hydrogen-bond donors (Lipinski definition) is 4. The highest BCUT2D eigenvalue weighted by Crippen LogP contribution is 2.31. The lowest BCUT2D eigenvalue weighted by Crippen LogP contribution is -2.10. The third-order valence-corrected chi connectivity index (χ3v) is 3.91. The Bertz CT molecular complexity index is 821. The zero-order valence-corrected chi connectivity index (χ0v) is 15.3. The summed E-state index contributed by atoms with van der Waals surface area (Å²) >= 11 is 0. The summed E-state index contributed by atoms with van der Waals surface area (Å²) in [6, 6.07) is 7.72. The minimum Gasteiger partial charge on any atom is -0.493 e. The first-order valence-corrected chi connectivity index (χ1v) is 8.63. The molecule has 0 aliphatic heterocycles. The minimum absolute atomic E-state index is 0.161. The number of methoxy groups -OCH3 is 1. The lowest BCUT2D eigenvalue weighted by Gasteiger charge is -2.13. The second-order valence-corrected chi connectivity index (χ2v) is 5.98. The third-order valence-electron chi connectivity index (χ3n) is 3.91. The molecule has 3 rings (SSSR count). The number of ether oxygens (including phenoxy) is 2. The molecule has 1 heterocycles. The Labute approximate surface area is 157 Å². The van der Waals surface area contributed by atoms with Gasteiger partial charge in [-0.1, -0.05) is 0 Å². The van der Waals surface area contributed by atoms with Crippen LogP contribution in [0.15, 0.2) is 47.5 Å². The standard InChI is InChI=1S/C18H23N7O2/c1-20-17-7-8-21-18(24-17)23-13-5-6-15(26-2)16(9-13)27-11-14(25-19)10-22-12-3-4-12/h5-10,12,19,22H,3-4,11H2,1-2H3,(H2,20,21,23,24)/b14-10-,25-19?. The molecule has 1 aliphatic rings. The van der Waals surface area contributed by atoms with E-state index in [1.807, 2.05) is 6.07 Å². The monoisotopic (exact) mass is 369 g/mol. The van der Waals surface area contributed by atoms with Gasteiger partial charge in [0.1, 0.15) is 18.1 Å². The van der Waals surface area contributed by atoms with E-state index in [1.165, 1.54) is 0 Å². The van der Waals surface area contributed by atoms with Crippen LogP contribution in [0.3, 0.4) is 0 Å². The maximum atomic E-state index is 7.29. The second-order valence-electron chi connectivity index (χ2n) is 5.98. The summed E-state index contributed by atoms with van der Waals surface area (Å²) in [5, 5.41) is 12.8. The fraction of sp³-hybridized carbons (Fsp3) is 0.333. The maximum absolute atomic E-state index is 7.29. The molecule has 1 fully saturated rings. The molecule has 0 bridgehead atoms. The number of anilines is 3. The second kappa shape index (κ2) is 8.84. The average molecular weight is 369 g/mol. The molecule has 9 nitrogen and oxygen atoms in total. The lowest BCUT2D eigenvalue weighted by atomic mass is 10.2. The highest BCUT2D eigenvalue weighted by Gasteiger charge is 2.19. The van der Waals surface area contributed by atoms with Gasteiger partial charge in [-0.15, -0.1) is 0 Å². The van der Waals surface area contributed by atoms with Crippen molar-refractivity contribution in [3.63, 3.8) is 0 Å². The quantitative estimate of drug-likeness (QED) is 0.475. The Balaban J connectivity index is 1.70. The number of hydrogen-bond acceptors (Lipinski definition) is 9. The van der Waals surface area contributed by atoms with Gasteiger partial charge in [0.15, 0.2) is 11.5 Å². The van der Waals surface area contributed by atoms with Crippen LogP contribution in [0.5, 0.6) is 11.5 Å². The van der Waals surface area contributed by atoms with Crippen LogP contribution in [0.2, 0.25) is 0 Å². The molecule has 0 amide bonds. The average Bonchev–Trinajstić information content (AvgIpc) is 3.53. The Morgan fingerprint density at radius 2 is 2.19 bits per heavy atom. The molecular weight excluding hydrogens is 346 g/mol. The lowest BCUT2D eigenvalue weighted by molar-refractivity contribution is 0.317. The first kappa shape index (κ1) is 18.4. The van der Waals surface area contributed by atoms with Crippen LogP contribution in [0.1, 0.15) is 12.8 Å². The number of aromatic nitrogens is 2. The zero-order chi connectivity index (χ0) is 19.1. The summed E-state index contributed by atoms with van der Waals surface area (Å²) in [5.41, 5.74) is 8.55. The molecule has 1 aromatic carbocycles. The number of rotatable bonds is 10. The molecule has 0 saturated heterocycles. The van der Waals surface area contributed by atoms with Crippen LogP contribution < -0.4 is 25.4 Å². The minimum atomic E-state index is 0.161. The Morgan fingerprint density at radius 1 is 1.33 bits per heavy atom. The first-order chi connectivity index (χ1) is 13.2. The normalized spacial score (nSPS) is 13.6. The van der Waals surface area contributed by atoms with E-state index in [4.69, 9.17) is 15.0 Å². The number of nitrogens with zero attached hydrogens (tertiary/aromatic N) is 3. The van der Waals surface area contributed by atoms with Gasteiger partial charge in [-0.25, -0.2) is 10.5 Å². The van der Waals surface area contributed by atoms with E-state index in [-0.39, 0.29) is 6.61 Å². The molecule has 1 aliphatic carbocycles. The van der Waals surface area contributed by atoms with Crippen LogP contribution in [-0.4, -0.2) is 36.8 Å². The smallest absolute Gasteiger partial charge is 0.229 e. The van der Waals surface area contributed by atoms with E-state index in [2.05, 4.69) is 31.0 Å². The first-order valence-electron chi connectivity index (χ1n) is 8.63. The predicted octanol–water partition coefficient (Wildman–Crippen LogP) is 3.27. The van der Waals surface area contributed by atoms with E-state index in [9.17, 15) is 0 Å². The molecule has 0 unspecified atom stereocenters. The molecule has 142 valence electrons. The van der Waals surface area contributed by atoms with Gasteiger partial charge < -0.3 is 25.4 Å². The Morgan fingerprint density at radius 3 is 2.89 bits per heavy atom. The molecule has 27 heavy (non-hydrogen) atoms. The Kier molecular flexibility index (Phi) is 6.03. The van der Waals surface area contributed by atoms with Crippen LogP contribution in [0, 0.1) is 5.53 Å². The van der Waals surface area contributed by atoms with Crippen molar-refractivity contribution in [3.8, 4) is 11.5 Å². The van der Waals surface area contributed by atoms with Crippen LogP contribution in [0.25, 0.3) is 0 Å². The summed E-state index contributed by atoms with van der Waals surface area (Å²) in [7, 11) is 3.38. The largest absolute Gasteiger partial charge is 0.493 e. The summed E-state index contributed by atoms with van der Waals surface area (Å²) < 4.78 is 11.2. The summed E-state index contributed by atoms with van der Waals surface area (Å²) in [6.07, 6.45) is 5.71. The van der Waals surface area contributed by atoms with Gasteiger partial charge >= 0.3 is 0 Å².